The fourth-order valence-corrected chi connectivity index (χ4v) is 1.94. The Labute approximate surface area is 110 Å². The van der Waals surface area contributed by atoms with E-state index in [0.717, 1.165) is 12.8 Å². The Morgan fingerprint density at radius 2 is 2.11 bits per heavy atom. The van der Waals surface area contributed by atoms with E-state index in [2.05, 4.69) is 44.3 Å². The van der Waals surface area contributed by atoms with E-state index in [9.17, 15) is 4.79 Å². The lowest BCUT2D eigenvalue weighted by atomic mass is 10.0. The number of carbonyl (C=O) groups excluding carboxylic acids is 1. The predicted octanol–water partition coefficient (Wildman–Crippen LogP) is 2.03. The SMILES string of the molecule is Cc1cccc(CCNC(=O)C(N)CC(C)C)c1. The van der Waals surface area contributed by atoms with Crippen molar-refractivity contribution in [2.24, 2.45) is 11.7 Å². The highest BCUT2D eigenvalue weighted by atomic mass is 16.2. The van der Waals surface area contributed by atoms with Gasteiger partial charge in [-0.3, -0.25) is 4.79 Å². The van der Waals surface area contributed by atoms with Gasteiger partial charge >= 0.3 is 0 Å². The normalized spacial score (nSPS) is 12.5. The van der Waals surface area contributed by atoms with E-state index in [1.165, 1.54) is 11.1 Å². The second-order valence-corrected chi connectivity index (χ2v) is 5.27. The van der Waals surface area contributed by atoms with E-state index in [-0.39, 0.29) is 11.9 Å². The van der Waals surface area contributed by atoms with E-state index in [1.807, 2.05) is 6.07 Å². The van der Waals surface area contributed by atoms with Crippen LogP contribution in [-0.4, -0.2) is 18.5 Å². The van der Waals surface area contributed by atoms with Gasteiger partial charge in [0.1, 0.15) is 0 Å². The first-order chi connectivity index (χ1) is 8.49. The lowest BCUT2D eigenvalue weighted by Crippen LogP contribution is -2.42. The summed E-state index contributed by atoms with van der Waals surface area (Å²) in [4.78, 5) is 11.7. The van der Waals surface area contributed by atoms with Crippen LogP contribution in [0.5, 0.6) is 0 Å². The summed E-state index contributed by atoms with van der Waals surface area (Å²) < 4.78 is 0. The van der Waals surface area contributed by atoms with Crippen molar-refractivity contribution < 1.29 is 4.79 Å². The van der Waals surface area contributed by atoms with Crippen molar-refractivity contribution in [2.45, 2.75) is 39.7 Å². The highest BCUT2D eigenvalue weighted by molar-refractivity contribution is 5.81. The molecule has 1 unspecified atom stereocenters. The molecule has 18 heavy (non-hydrogen) atoms. The Balaban J connectivity index is 2.31. The molecule has 3 heteroatoms. The van der Waals surface area contributed by atoms with Crippen LogP contribution < -0.4 is 11.1 Å². The van der Waals surface area contributed by atoms with Crippen molar-refractivity contribution in [3.8, 4) is 0 Å². The smallest absolute Gasteiger partial charge is 0.236 e. The van der Waals surface area contributed by atoms with Gasteiger partial charge in [0.15, 0.2) is 0 Å². The maximum Gasteiger partial charge on any atom is 0.236 e. The molecule has 0 saturated carbocycles. The number of benzene rings is 1. The van der Waals surface area contributed by atoms with Crippen LogP contribution in [0.25, 0.3) is 0 Å². The van der Waals surface area contributed by atoms with Crippen molar-refractivity contribution in [3.05, 3.63) is 35.4 Å². The molecule has 0 aliphatic carbocycles. The predicted molar refractivity (Wildman–Crippen MR) is 75.3 cm³/mol. The minimum Gasteiger partial charge on any atom is -0.354 e. The summed E-state index contributed by atoms with van der Waals surface area (Å²) in [5, 5.41) is 2.89. The van der Waals surface area contributed by atoms with Gasteiger partial charge in [0.2, 0.25) is 5.91 Å². The fraction of sp³-hybridized carbons (Fsp3) is 0.533. The summed E-state index contributed by atoms with van der Waals surface area (Å²) in [5.41, 5.74) is 8.30. The summed E-state index contributed by atoms with van der Waals surface area (Å²) in [6.07, 6.45) is 1.58. The number of nitrogens with two attached hydrogens (primary N) is 1. The standard InChI is InChI=1S/C15H24N2O/c1-11(2)9-14(16)15(18)17-8-7-13-6-4-5-12(3)10-13/h4-6,10-11,14H,7-9,16H2,1-3H3,(H,17,18). The van der Waals surface area contributed by atoms with E-state index in [1.54, 1.807) is 0 Å². The molecular formula is C15H24N2O. The number of rotatable bonds is 6. The van der Waals surface area contributed by atoms with Crippen molar-refractivity contribution in [2.75, 3.05) is 6.54 Å². The molecule has 1 rings (SSSR count). The lowest BCUT2D eigenvalue weighted by Gasteiger charge is -2.14. The van der Waals surface area contributed by atoms with Gasteiger partial charge in [-0.05, 0) is 31.2 Å². The van der Waals surface area contributed by atoms with Crippen LogP contribution in [0.2, 0.25) is 0 Å². The maximum absolute atomic E-state index is 11.7. The maximum atomic E-state index is 11.7. The van der Waals surface area contributed by atoms with Crippen LogP contribution in [0.4, 0.5) is 0 Å². The zero-order chi connectivity index (χ0) is 13.5. The molecule has 0 bridgehead atoms. The highest BCUT2D eigenvalue weighted by Crippen LogP contribution is 2.05. The average Bonchev–Trinajstić information content (AvgIpc) is 2.28. The number of hydrogen-bond donors (Lipinski definition) is 2. The number of carbonyl (C=O) groups is 1. The molecule has 0 aromatic heterocycles. The highest BCUT2D eigenvalue weighted by Gasteiger charge is 2.13. The second-order valence-electron chi connectivity index (χ2n) is 5.27. The summed E-state index contributed by atoms with van der Waals surface area (Å²) in [7, 11) is 0. The number of hydrogen-bond acceptors (Lipinski definition) is 2. The Bertz CT molecular complexity index is 388. The number of amides is 1. The van der Waals surface area contributed by atoms with Crippen LogP contribution in [-0.2, 0) is 11.2 Å². The Morgan fingerprint density at radius 1 is 1.39 bits per heavy atom. The molecule has 1 amide bonds. The third-order valence-electron chi connectivity index (χ3n) is 2.86. The quantitative estimate of drug-likeness (QED) is 0.809. The van der Waals surface area contributed by atoms with Gasteiger partial charge in [0.25, 0.3) is 0 Å². The Hall–Kier alpha value is -1.35. The monoisotopic (exact) mass is 248 g/mol. The van der Waals surface area contributed by atoms with Gasteiger partial charge in [0, 0.05) is 6.54 Å². The third kappa shape index (κ3) is 5.32. The van der Waals surface area contributed by atoms with Gasteiger partial charge in [-0.25, -0.2) is 0 Å². The number of nitrogens with one attached hydrogen (secondary N) is 1. The summed E-state index contributed by atoms with van der Waals surface area (Å²) in [6.45, 7) is 6.86. The van der Waals surface area contributed by atoms with Gasteiger partial charge < -0.3 is 11.1 Å². The van der Waals surface area contributed by atoms with E-state index >= 15 is 0 Å². The largest absolute Gasteiger partial charge is 0.354 e. The molecule has 3 N–H and O–H groups in total. The van der Waals surface area contributed by atoms with Gasteiger partial charge in [-0.2, -0.15) is 0 Å². The van der Waals surface area contributed by atoms with Crippen LogP contribution in [0.1, 0.15) is 31.4 Å². The first-order valence-electron chi connectivity index (χ1n) is 6.58. The minimum atomic E-state index is -0.387. The molecule has 100 valence electrons. The number of aryl methyl sites for hydroxylation is 1. The van der Waals surface area contributed by atoms with Gasteiger partial charge in [0.05, 0.1) is 6.04 Å². The van der Waals surface area contributed by atoms with Crippen LogP contribution in [0.3, 0.4) is 0 Å². The van der Waals surface area contributed by atoms with Crippen LogP contribution in [0, 0.1) is 12.8 Å². The molecule has 1 aromatic carbocycles. The van der Waals surface area contributed by atoms with Crippen molar-refractivity contribution in [1.82, 2.24) is 5.32 Å². The molecule has 0 spiro atoms. The molecule has 0 aliphatic heterocycles. The molecule has 3 nitrogen and oxygen atoms in total. The average molecular weight is 248 g/mol. The summed E-state index contributed by atoms with van der Waals surface area (Å²) in [6, 6.07) is 7.94. The molecule has 0 aliphatic rings. The molecule has 0 saturated heterocycles. The third-order valence-corrected chi connectivity index (χ3v) is 2.86. The second kappa shape index (κ2) is 7.17. The topological polar surface area (TPSA) is 55.1 Å². The Morgan fingerprint density at radius 3 is 2.72 bits per heavy atom. The van der Waals surface area contributed by atoms with Gasteiger partial charge in [-0.15, -0.1) is 0 Å². The minimum absolute atomic E-state index is 0.0450. The zero-order valence-electron chi connectivity index (χ0n) is 11.6. The summed E-state index contributed by atoms with van der Waals surface area (Å²) >= 11 is 0. The molecular weight excluding hydrogens is 224 g/mol. The summed E-state index contributed by atoms with van der Waals surface area (Å²) in [5.74, 6) is 0.402. The van der Waals surface area contributed by atoms with Crippen molar-refractivity contribution in [3.63, 3.8) is 0 Å². The van der Waals surface area contributed by atoms with E-state index in [0.29, 0.717) is 12.5 Å². The Kier molecular flexibility index (Phi) is 5.86. The molecule has 0 fully saturated rings. The molecule has 1 aromatic rings. The van der Waals surface area contributed by atoms with Crippen LogP contribution >= 0.6 is 0 Å². The molecule has 0 heterocycles. The van der Waals surface area contributed by atoms with Crippen molar-refractivity contribution in [1.29, 1.82) is 0 Å². The van der Waals surface area contributed by atoms with E-state index < -0.39 is 0 Å². The zero-order valence-corrected chi connectivity index (χ0v) is 11.6. The first-order valence-corrected chi connectivity index (χ1v) is 6.58. The van der Waals surface area contributed by atoms with E-state index in [4.69, 9.17) is 5.73 Å². The van der Waals surface area contributed by atoms with Crippen LogP contribution in [0.15, 0.2) is 24.3 Å². The molecule has 0 radical (unpaired) electrons. The molecule has 1 atom stereocenters. The fourth-order valence-electron chi connectivity index (χ4n) is 1.94. The van der Waals surface area contributed by atoms with Gasteiger partial charge in [-0.1, -0.05) is 43.7 Å². The van der Waals surface area contributed by atoms with Crippen molar-refractivity contribution >= 4 is 5.91 Å². The lowest BCUT2D eigenvalue weighted by molar-refractivity contribution is -0.122. The first kappa shape index (κ1) is 14.7.